The lowest BCUT2D eigenvalue weighted by molar-refractivity contribution is 0.0798. The third-order valence-electron chi connectivity index (χ3n) is 7.33. The molecule has 8 nitrogen and oxygen atoms in total. The van der Waals surface area contributed by atoms with Gasteiger partial charge < -0.3 is 16.0 Å². The highest BCUT2D eigenvalue weighted by Crippen LogP contribution is 2.27. The van der Waals surface area contributed by atoms with E-state index in [0.717, 1.165) is 34.6 Å². The van der Waals surface area contributed by atoms with E-state index in [2.05, 4.69) is 39.7 Å². The molecular weight excluding hydrogens is 520 g/mol. The number of likely N-dealkylation sites (tertiary alicyclic amines) is 1. The van der Waals surface area contributed by atoms with Crippen LogP contribution in [0.15, 0.2) is 60.8 Å². The summed E-state index contributed by atoms with van der Waals surface area (Å²) in [6, 6.07) is 16.9. The molecule has 5 rings (SSSR count). The molecule has 1 aliphatic rings. The summed E-state index contributed by atoms with van der Waals surface area (Å²) < 4.78 is 0. The Morgan fingerprint density at radius 2 is 1.77 bits per heavy atom. The van der Waals surface area contributed by atoms with E-state index in [1.807, 2.05) is 61.5 Å². The highest BCUT2D eigenvalue weighted by molar-refractivity contribution is 7.20. The van der Waals surface area contributed by atoms with Crippen molar-refractivity contribution in [1.82, 2.24) is 20.2 Å². The summed E-state index contributed by atoms with van der Waals surface area (Å²) in [5.74, 6) is 0.265. The number of amides is 2. The number of nitrogens with zero attached hydrogens (tertiary/aromatic N) is 3. The lowest BCUT2D eigenvalue weighted by atomic mass is 9.98. The van der Waals surface area contributed by atoms with Crippen LogP contribution in [0.5, 0.6) is 0 Å². The van der Waals surface area contributed by atoms with Crippen molar-refractivity contribution in [2.24, 2.45) is 0 Å². The number of anilines is 2. The number of hydrogen-bond donors (Lipinski definition) is 3. The van der Waals surface area contributed by atoms with E-state index in [1.54, 1.807) is 6.20 Å². The highest BCUT2D eigenvalue weighted by Gasteiger charge is 2.28. The Hall–Kier alpha value is -3.82. The van der Waals surface area contributed by atoms with Crippen LogP contribution in [0.4, 0.5) is 11.5 Å². The molecule has 0 bridgehead atoms. The fourth-order valence-electron chi connectivity index (χ4n) is 5.01. The molecule has 1 fully saturated rings. The summed E-state index contributed by atoms with van der Waals surface area (Å²) in [4.78, 5) is 39.0. The van der Waals surface area contributed by atoms with Gasteiger partial charge in [-0.15, -0.1) is 11.3 Å². The number of aromatic nitrogens is 2. The van der Waals surface area contributed by atoms with Crippen molar-refractivity contribution in [2.45, 2.75) is 45.6 Å². The Morgan fingerprint density at radius 1 is 1.00 bits per heavy atom. The van der Waals surface area contributed by atoms with Gasteiger partial charge in [-0.25, -0.2) is 9.97 Å². The van der Waals surface area contributed by atoms with Gasteiger partial charge in [-0.2, -0.15) is 0 Å². The Labute approximate surface area is 239 Å². The van der Waals surface area contributed by atoms with Gasteiger partial charge in [0.2, 0.25) is 0 Å². The van der Waals surface area contributed by atoms with E-state index in [0.29, 0.717) is 35.0 Å². The van der Waals surface area contributed by atoms with Crippen molar-refractivity contribution in [2.75, 3.05) is 36.8 Å². The molecule has 1 aliphatic heterocycles. The molecule has 0 atom stereocenters. The van der Waals surface area contributed by atoms with Gasteiger partial charge in [0.25, 0.3) is 11.8 Å². The zero-order valence-corrected chi connectivity index (χ0v) is 24.1. The first-order valence-electron chi connectivity index (χ1n) is 13.9. The van der Waals surface area contributed by atoms with E-state index in [9.17, 15) is 9.59 Å². The molecule has 1 saturated heterocycles. The van der Waals surface area contributed by atoms with Crippen LogP contribution in [-0.2, 0) is 0 Å². The number of pyridine rings is 2. The maximum atomic E-state index is 13.2. The van der Waals surface area contributed by atoms with Crippen LogP contribution in [-0.4, -0.2) is 58.4 Å². The quantitative estimate of drug-likeness (QED) is 0.233. The molecule has 0 saturated carbocycles. The molecule has 1 aromatic carbocycles. The number of fused-ring (bicyclic) bond motifs is 1. The average Bonchev–Trinajstić information content (AvgIpc) is 3.42. The zero-order valence-electron chi connectivity index (χ0n) is 23.3. The molecule has 0 radical (unpaired) electrons. The summed E-state index contributed by atoms with van der Waals surface area (Å²) in [6.45, 7) is 9.74. The first-order chi connectivity index (χ1) is 19.3. The number of nitrogens with one attached hydrogen (secondary N) is 3. The molecule has 208 valence electrons. The molecule has 4 aromatic rings. The van der Waals surface area contributed by atoms with E-state index in [1.165, 1.54) is 30.6 Å². The molecule has 40 heavy (non-hydrogen) atoms. The van der Waals surface area contributed by atoms with Crippen LogP contribution in [0.25, 0.3) is 21.5 Å². The minimum absolute atomic E-state index is 0.104. The number of piperidine rings is 1. The second kappa shape index (κ2) is 12.1. The molecule has 2 amide bonds. The number of carbonyl (C=O) groups is 2. The molecule has 0 aliphatic carbocycles. The van der Waals surface area contributed by atoms with Gasteiger partial charge in [0.05, 0.1) is 16.1 Å². The van der Waals surface area contributed by atoms with Gasteiger partial charge in [-0.05, 0) is 83.1 Å². The van der Waals surface area contributed by atoms with Crippen molar-refractivity contribution >= 4 is 44.9 Å². The van der Waals surface area contributed by atoms with Crippen LogP contribution in [0.1, 0.15) is 60.1 Å². The van der Waals surface area contributed by atoms with Crippen LogP contribution in [0, 0.1) is 0 Å². The molecule has 0 spiro atoms. The standard InChI is InChI=1S/C31H36N6O2S/c1-4-32-27-24(28(38)34-20-31(2,3)37-17-6-5-7-18-37)14-15-25(36-27)21-10-12-23(13-11-21)35-29(39)26-19-22-9-8-16-33-30(22)40-26/h8-16,19H,4-7,17-18,20H2,1-3H3,(H,32,36)(H,34,38)(H,35,39). The van der Waals surface area contributed by atoms with Crippen molar-refractivity contribution in [3.05, 3.63) is 71.2 Å². The predicted molar refractivity (Wildman–Crippen MR) is 163 cm³/mol. The monoisotopic (exact) mass is 556 g/mol. The lowest BCUT2D eigenvalue weighted by Crippen LogP contribution is -2.53. The Kier molecular flexibility index (Phi) is 8.42. The first-order valence-corrected chi connectivity index (χ1v) is 14.7. The number of rotatable bonds is 9. The van der Waals surface area contributed by atoms with E-state index >= 15 is 0 Å². The Balaban J connectivity index is 1.26. The van der Waals surface area contributed by atoms with E-state index in [-0.39, 0.29) is 17.4 Å². The SMILES string of the molecule is CCNc1nc(-c2ccc(NC(=O)c3cc4cccnc4s3)cc2)ccc1C(=O)NCC(C)(C)N1CCCCC1. The maximum Gasteiger partial charge on any atom is 0.265 e. The normalized spacial score (nSPS) is 14.2. The summed E-state index contributed by atoms with van der Waals surface area (Å²) in [6.07, 6.45) is 5.44. The fraction of sp³-hybridized carbons (Fsp3) is 0.355. The van der Waals surface area contributed by atoms with E-state index in [4.69, 9.17) is 4.98 Å². The third-order valence-corrected chi connectivity index (χ3v) is 8.39. The lowest BCUT2D eigenvalue weighted by Gasteiger charge is -2.41. The predicted octanol–water partition coefficient (Wildman–Crippen LogP) is 6.04. The molecule has 9 heteroatoms. The largest absolute Gasteiger partial charge is 0.370 e. The molecule has 0 unspecified atom stereocenters. The number of benzene rings is 1. The Bertz CT molecular complexity index is 1460. The molecule has 3 aromatic heterocycles. The number of carbonyl (C=O) groups excluding carboxylic acids is 2. The fourth-order valence-corrected chi connectivity index (χ4v) is 5.91. The topological polar surface area (TPSA) is 99.2 Å². The summed E-state index contributed by atoms with van der Waals surface area (Å²) in [5, 5.41) is 10.3. The molecule has 4 heterocycles. The minimum Gasteiger partial charge on any atom is -0.370 e. The maximum absolute atomic E-state index is 13.2. The Morgan fingerprint density at radius 3 is 2.50 bits per heavy atom. The number of hydrogen-bond acceptors (Lipinski definition) is 7. The van der Waals surface area contributed by atoms with Gasteiger partial charge in [0.1, 0.15) is 10.6 Å². The third kappa shape index (κ3) is 6.32. The van der Waals surface area contributed by atoms with Gasteiger partial charge in [0, 0.05) is 41.5 Å². The molecular formula is C31H36N6O2S. The van der Waals surface area contributed by atoms with Crippen molar-refractivity contribution < 1.29 is 9.59 Å². The highest BCUT2D eigenvalue weighted by atomic mass is 32.1. The average molecular weight is 557 g/mol. The zero-order chi connectivity index (χ0) is 28.1. The smallest absolute Gasteiger partial charge is 0.265 e. The minimum atomic E-state index is -0.165. The van der Waals surface area contributed by atoms with Crippen LogP contribution < -0.4 is 16.0 Å². The summed E-state index contributed by atoms with van der Waals surface area (Å²) in [7, 11) is 0. The number of thiophene rings is 1. The van der Waals surface area contributed by atoms with Crippen LogP contribution >= 0.6 is 11.3 Å². The second-order valence-corrected chi connectivity index (χ2v) is 11.7. The summed E-state index contributed by atoms with van der Waals surface area (Å²) in [5.41, 5.74) is 2.75. The van der Waals surface area contributed by atoms with Crippen LogP contribution in [0.2, 0.25) is 0 Å². The van der Waals surface area contributed by atoms with Gasteiger partial charge in [-0.1, -0.05) is 24.6 Å². The first kappa shape index (κ1) is 27.7. The van der Waals surface area contributed by atoms with Gasteiger partial charge in [0.15, 0.2) is 0 Å². The molecule has 3 N–H and O–H groups in total. The summed E-state index contributed by atoms with van der Waals surface area (Å²) >= 11 is 1.37. The van der Waals surface area contributed by atoms with Gasteiger partial charge in [-0.3, -0.25) is 14.5 Å². The van der Waals surface area contributed by atoms with Crippen molar-refractivity contribution in [1.29, 1.82) is 0 Å². The van der Waals surface area contributed by atoms with Crippen LogP contribution in [0.3, 0.4) is 0 Å². The van der Waals surface area contributed by atoms with Crippen molar-refractivity contribution in [3.8, 4) is 11.3 Å². The van der Waals surface area contributed by atoms with E-state index < -0.39 is 0 Å². The van der Waals surface area contributed by atoms with Crippen molar-refractivity contribution in [3.63, 3.8) is 0 Å². The van der Waals surface area contributed by atoms with Gasteiger partial charge >= 0.3 is 0 Å². The second-order valence-electron chi connectivity index (χ2n) is 10.7.